The highest BCUT2D eigenvalue weighted by atomic mass is 35.5. The van der Waals surface area contributed by atoms with Crippen molar-refractivity contribution in [1.29, 1.82) is 0 Å². The average Bonchev–Trinajstić information content (AvgIpc) is 2.78. The van der Waals surface area contributed by atoms with Crippen molar-refractivity contribution in [2.75, 3.05) is 16.6 Å². The molecule has 174 valence electrons. The van der Waals surface area contributed by atoms with Crippen molar-refractivity contribution in [2.24, 2.45) is 5.92 Å². The molecule has 0 aliphatic heterocycles. The van der Waals surface area contributed by atoms with Crippen LogP contribution < -0.4 is 15.4 Å². The third-order valence-corrected chi connectivity index (χ3v) is 6.71. The zero-order valence-corrected chi connectivity index (χ0v) is 19.8. The van der Waals surface area contributed by atoms with Crippen molar-refractivity contribution >= 4 is 38.9 Å². The van der Waals surface area contributed by atoms with Gasteiger partial charge in [0.1, 0.15) is 5.82 Å². The first-order valence-electron chi connectivity index (χ1n) is 10.3. The minimum atomic E-state index is -4.01. The summed E-state index contributed by atoms with van der Waals surface area (Å²) < 4.78 is 40.9. The van der Waals surface area contributed by atoms with Gasteiger partial charge in [0.15, 0.2) is 0 Å². The highest BCUT2D eigenvalue weighted by Gasteiger charge is 2.21. The lowest BCUT2D eigenvalue weighted by atomic mass is 10.0. The van der Waals surface area contributed by atoms with Gasteiger partial charge in [0.05, 0.1) is 15.5 Å². The van der Waals surface area contributed by atoms with Gasteiger partial charge in [0.2, 0.25) is 0 Å². The van der Waals surface area contributed by atoms with Gasteiger partial charge < -0.3 is 10.6 Å². The fraction of sp³-hybridized carbons (Fsp3) is 0.208. The van der Waals surface area contributed by atoms with Crippen LogP contribution in [-0.2, 0) is 10.0 Å². The molecule has 33 heavy (non-hydrogen) atoms. The predicted molar refractivity (Wildman–Crippen MR) is 130 cm³/mol. The van der Waals surface area contributed by atoms with Crippen LogP contribution in [0.4, 0.5) is 15.8 Å². The Morgan fingerprint density at radius 1 is 0.970 bits per heavy atom. The fourth-order valence-electron chi connectivity index (χ4n) is 3.08. The standard InChI is InChI=1S/C24H25ClFN3O3S/c1-16(2)23(28-18-6-4-3-5-7-18)15-27-24(30)21-14-20(12-13-22(21)25)33(31,32)29-19-10-8-17(26)9-11-19/h3-14,16,23,28-29H,15H2,1-2H3,(H,27,30)/t23-/m0/s1. The molecule has 3 rings (SSSR count). The summed E-state index contributed by atoms with van der Waals surface area (Å²) in [7, 11) is -4.01. The normalized spacial score (nSPS) is 12.3. The molecule has 9 heteroatoms. The number of sulfonamides is 1. The van der Waals surface area contributed by atoms with Crippen LogP contribution in [0, 0.1) is 11.7 Å². The van der Waals surface area contributed by atoms with E-state index in [-0.39, 0.29) is 33.1 Å². The third kappa shape index (κ3) is 6.69. The predicted octanol–water partition coefficient (Wildman–Crippen LogP) is 5.15. The van der Waals surface area contributed by atoms with Crippen molar-refractivity contribution in [3.8, 4) is 0 Å². The third-order valence-electron chi connectivity index (χ3n) is 5.00. The molecule has 3 aromatic carbocycles. The van der Waals surface area contributed by atoms with Gasteiger partial charge in [-0.2, -0.15) is 0 Å². The Balaban J connectivity index is 1.73. The molecule has 0 aliphatic rings. The first-order valence-corrected chi connectivity index (χ1v) is 12.2. The van der Waals surface area contributed by atoms with Crippen LogP contribution in [0.5, 0.6) is 0 Å². The first kappa shape index (κ1) is 24.5. The highest BCUT2D eigenvalue weighted by Crippen LogP contribution is 2.23. The van der Waals surface area contributed by atoms with Crippen LogP contribution in [0.15, 0.2) is 77.7 Å². The molecule has 0 saturated carbocycles. The largest absolute Gasteiger partial charge is 0.380 e. The van der Waals surface area contributed by atoms with E-state index >= 15 is 0 Å². The summed E-state index contributed by atoms with van der Waals surface area (Å²) in [4.78, 5) is 12.7. The number of halogens is 2. The molecule has 0 bridgehead atoms. The molecule has 0 saturated heterocycles. The number of hydrogen-bond acceptors (Lipinski definition) is 4. The van der Waals surface area contributed by atoms with Crippen molar-refractivity contribution in [1.82, 2.24) is 5.32 Å². The topological polar surface area (TPSA) is 87.3 Å². The van der Waals surface area contributed by atoms with Crippen LogP contribution in [-0.4, -0.2) is 26.9 Å². The number of amides is 1. The monoisotopic (exact) mass is 489 g/mol. The highest BCUT2D eigenvalue weighted by molar-refractivity contribution is 7.92. The molecule has 1 atom stereocenters. The average molecular weight is 490 g/mol. The van der Waals surface area contributed by atoms with E-state index in [0.717, 1.165) is 17.8 Å². The van der Waals surface area contributed by atoms with Gasteiger partial charge in [-0.1, -0.05) is 43.6 Å². The lowest BCUT2D eigenvalue weighted by molar-refractivity contribution is 0.0950. The number of rotatable bonds is 9. The molecule has 0 heterocycles. The Labute approximate surface area is 198 Å². The van der Waals surface area contributed by atoms with Crippen molar-refractivity contribution in [2.45, 2.75) is 24.8 Å². The summed E-state index contributed by atoms with van der Waals surface area (Å²) in [5.41, 5.74) is 1.17. The molecule has 0 spiro atoms. The maximum atomic E-state index is 13.1. The summed E-state index contributed by atoms with van der Waals surface area (Å²) >= 11 is 6.19. The summed E-state index contributed by atoms with van der Waals surface area (Å²) in [5, 5.41) is 6.35. The molecule has 0 aliphatic carbocycles. The van der Waals surface area contributed by atoms with Crippen LogP contribution in [0.25, 0.3) is 0 Å². The van der Waals surface area contributed by atoms with E-state index in [1.807, 2.05) is 44.2 Å². The lowest BCUT2D eigenvalue weighted by Gasteiger charge is -2.24. The molecular weight excluding hydrogens is 465 g/mol. The van der Waals surface area contributed by atoms with Crippen molar-refractivity contribution in [3.63, 3.8) is 0 Å². The van der Waals surface area contributed by atoms with Crippen LogP contribution in [0.2, 0.25) is 5.02 Å². The minimum Gasteiger partial charge on any atom is -0.380 e. The number of carbonyl (C=O) groups excluding carboxylic acids is 1. The van der Waals surface area contributed by atoms with Crippen LogP contribution in [0.1, 0.15) is 24.2 Å². The molecule has 3 N–H and O–H groups in total. The number of anilines is 2. The van der Waals surface area contributed by atoms with Gasteiger partial charge >= 0.3 is 0 Å². The van der Waals surface area contributed by atoms with E-state index in [0.29, 0.717) is 6.54 Å². The molecule has 0 unspecified atom stereocenters. The number of para-hydroxylation sites is 1. The molecule has 0 aromatic heterocycles. The minimum absolute atomic E-state index is 0.0425. The van der Waals surface area contributed by atoms with E-state index < -0.39 is 21.7 Å². The number of benzene rings is 3. The van der Waals surface area contributed by atoms with Gasteiger partial charge in [-0.25, -0.2) is 12.8 Å². The van der Waals surface area contributed by atoms with Gasteiger partial charge in [0, 0.05) is 24.0 Å². The zero-order valence-electron chi connectivity index (χ0n) is 18.2. The van der Waals surface area contributed by atoms with Crippen LogP contribution in [0.3, 0.4) is 0 Å². The molecule has 1 amide bonds. The van der Waals surface area contributed by atoms with Gasteiger partial charge in [-0.3, -0.25) is 9.52 Å². The summed E-state index contributed by atoms with van der Waals surface area (Å²) in [5.74, 6) is -0.753. The maximum absolute atomic E-state index is 13.1. The van der Waals surface area contributed by atoms with E-state index in [2.05, 4.69) is 15.4 Å². The first-order chi connectivity index (χ1) is 15.7. The van der Waals surface area contributed by atoms with Gasteiger partial charge in [0.25, 0.3) is 15.9 Å². The molecule has 0 fully saturated rings. The summed E-state index contributed by atoms with van der Waals surface area (Å²) in [6.07, 6.45) is 0. The Bertz CT molecular complexity index is 1200. The Hall–Kier alpha value is -3.10. The second-order valence-corrected chi connectivity index (χ2v) is 9.91. The Morgan fingerprint density at radius 3 is 2.27 bits per heavy atom. The van der Waals surface area contributed by atoms with Gasteiger partial charge in [-0.15, -0.1) is 0 Å². The summed E-state index contributed by atoms with van der Waals surface area (Å²) in [6.45, 7) is 4.38. The molecule has 3 aromatic rings. The van der Waals surface area contributed by atoms with Crippen molar-refractivity contribution < 1.29 is 17.6 Å². The smallest absolute Gasteiger partial charge is 0.261 e. The zero-order chi connectivity index (χ0) is 24.0. The quantitative estimate of drug-likeness (QED) is 0.388. The van der Waals surface area contributed by atoms with Crippen LogP contribution >= 0.6 is 11.6 Å². The van der Waals surface area contributed by atoms with E-state index in [1.54, 1.807) is 0 Å². The number of nitrogens with one attached hydrogen (secondary N) is 3. The number of carbonyl (C=O) groups is 1. The fourth-order valence-corrected chi connectivity index (χ4v) is 4.37. The molecular formula is C24H25ClFN3O3S. The maximum Gasteiger partial charge on any atom is 0.261 e. The van der Waals surface area contributed by atoms with E-state index in [1.165, 1.54) is 30.3 Å². The Morgan fingerprint density at radius 2 is 1.64 bits per heavy atom. The van der Waals surface area contributed by atoms with Gasteiger partial charge in [-0.05, 0) is 60.5 Å². The van der Waals surface area contributed by atoms with Crippen molar-refractivity contribution in [3.05, 3.63) is 89.2 Å². The Kier molecular flexibility index (Phi) is 7.94. The SMILES string of the molecule is CC(C)[C@H](CNC(=O)c1cc(S(=O)(=O)Nc2ccc(F)cc2)ccc1Cl)Nc1ccccc1. The second-order valence-electron chi connectivity index (χ2n) is 7.82. The number of hydrogen-bond donors (Lipinski definition) is 3. The van der Waals surface area contributed by atoms with E-state index in [4.69, 9.17) is 11.6 Å². The summed E-state index contributed by atoms with van der Waals surface area (Å²) in [6, 6.07) is 18.4. The second kappa shape index (κ2) is 10.7. The molecule has 6 nitrogen and oxygen atoms in total. The molecule has 0 radical (unpaired) electrons. The lowest BCUT2D eigenvalue weighted by Crippen LogP contribution is -2.39. The van der Waals surface area contributed by atoms with E-state index in [9.17, 15) is 17.6 Å².